The highest BCUT2D eigenvalue weighted by Crippen LogP contribution is 2.37. The van der Waals surface area contributed by atoms with Crippen LogP contribution in [-0.4, -0.2) is 17.2 Å². The van der Waals surface area contributed by atoms with Gasteiger partial charge in [0.25, 0.3) is 0 Å². The zero-order chi connectivity index (χ0) is 11.0. The first-order valence-electron chi connectivity index (χ1n) is 4.49. The largest absolute Gasteiger partial charge is 0.506 e. The van der Waals surface area contributed by atoms with Gasteiger partial charge < -0.3 is 9.84 Å². The minimum absolute atomic E-state index is 0.119. The van der Waals surface area contributed by atoms with Crippen molar-refractivity contribution < 1.29 is 14.6 Å². The molecule has 5 heteroatoms. The third-order valence-electron chi connectivity index (χ3n) is 1.80. The van der Waals surface area contributed by atoms with Gasteiger partial charge in [0.15, 0.2) is 0 Å². The van der Waals surface area contributed by atoms with Crippen LogP contribution in [0.2, 0.25) is 0 Å². The van der Waals surface area contributed by atoms with Gasteiger partial charge in [-0.05, 0) is 19.9 Å². The molecule has 2 rings (SSSR count). The number of fused-ring (bicyclic) bond motifs is 1. The molecule has 0 aliphatic carbocycles. The fraction of sp³-hybridized carbons (Fsp3) is 0.300. The highest BCUT2D eigenvalue weighted by Gasteiger charge is 2.15. The molecule has 2 aromatic rings. The SMILES string of the molecule is CC(C)OC(=O)c1cc2c(O)csc2s1. The average Bonchev–Trinajstić information content (AvgIpc) is 2.67. The fourth-order valence-corrected chi connectivity index (χ4v) is 3.21. The van der Waals surface area contributed by atoms with E-state index in [4.69, 9.17) is 4.74 Å². The first-order chi connectivity index (χ1) is 7.08. The topological polar surface area (TPSA) is 46.5 Å². The Hall–Kier alpha value is -1.07. The second-order valence-corrected chi connectivity index (χ2v) is 5.58. The monoisotopic (exact) mass is 242 g/mol. The van der Waals surface area contributed by atoms with E-state index in [-0.39, 0.29) is 17.8 Å². The summed E-state index contributed by atoms with van der Waals surface area (Å²) in [6.07, 6.45) is -0.119. The molecular formula is C10H10O3S2. The minimum Gasteiger partial charge on any atom is -0.506 e. The molecule has 0 bridgehead atoms. The van der Waals surface area contributed by atoms with Crippen molar-refractivity contribution in [2.45, 2.75) is 20.0 Å². The molecule has 0 amide bonds. The lowest BCUT2D eigenvalue weighted by atomic mass is 10.3. The van der Waals surface area contributed by atoms with Gasteiger partial charge in [0.2, 0.25) is 0 Å². The van der Waals surface area contributed by atoms with Crippen LogP contribution < -0.4 is 0 Å². The van der Waals surface area contributed by atoms with Crippen LogP contribution >= 0.6 is 22.7 Å². The number of thiophene rings is 2. The molecular weight excluding hydrogens is 232 g/mol. The molecule has 0 aromatic carbocycles. The summed E-state index contributed by atoms with van der Waals surface area (Å²) < 4.78 is 6.02. The maximum Gasteiger partial charge on any atom is 0.348 e. The van der Waals surface area contributed by atoms with Crippen molar-refractivity contribution in [3.05, 3.63) is 16.3 Å². The number of esters is 1. The van der Waals surface area contributed by atoms with Gasteiger partial charge in [-0.15, -0.1) is 22.7 Å². The van der Waals surface area contributed by atoms with Gasteiger partial charge in [-0.2, -0.15) is 0 Å². The Bertz CT molecular complexity index is 496. The molecule has 15 heavy (non-hydrogen) atoms. The van der Waals surface area contributed by atoms with Crippen LogP contribution in [0.25, 0.3) is 9.40 Å². The molecule has 0 fully saturated rings. The lowest BCUT2D eigenvalue weighted by Gasteiger charge is -2.05. The van der Waals surface area contributed by atoms with E-state index in [0.717, 1.165) is 9.40 Å². The maximum atomic E-state index is 11.5. The van der Waals surface area contributed by atoms with E-state index in [9.17, 15) is 9.90 Å². The number of aromatic hydroxyl groups is 1. The summed E-state index contributed by atoms with van der Waals surface area (Å²) >= 11 is 2.78. The van der Waals surface area contributed by atoms with Gasteiger partial charge in [0.1, 0.15) is 10.6 Å². The van der Waals surface area contributed by atoms with Gasteiger partial charge in [0, 0.05) is 10.8 Å². The van der Waals surface area contributed by atoms with Crippen molar-refractivity contribution in [1.82, 2.24) is 0 Å². The van der Waals surface area contributed by atoms with Crippen molar-refractivity contribution in [1.29, 1.82) is 0 Å². The second-order valence-electron chi connectivity index (χ2n) is 3.39. The van der Waals surface area contributed by atoms with Crippen molar-refractivity contribution in [3.8, 4) is 5.75 Å². The molecule has 0 atom stereocenters. The summed E-state index contributed by atoms with van der Waals surface area (Å²) in [5.74, 6) is -0.0901. The number of ether oxygens (including phenoxy) is 1. The first-order valence-corrected chi connectivity index (χ1v) is 6.18. The van der Waals surface area contributed by atoms with E-state index in [1.807, 2.05) is 13.8 Å². The normalized spacial score (nSPS) is 11.1. The molecule has 2 aromatic heterocycles. The fourth-order valence-electron chi connectivity index (χ4n) is 1.19. The Morgan fingerprint density at radius 3 is 2.87 bits per heavy atom. The van der Waals surface area contributed by atoms with Crippen LogP contribution in [0, 0.1) is 0 Å². The third-order valence-corrected chi connectivity index (χ3v) is 4.02. The Morgan fingerprint density at radius 1 is 1.53 bits per heavy atom. The predicted molar refractivity (Wildman–Crippen MR) is 61.9 cm³/mol. The van der Waals surface area contributed by atoms with E-state index in [2.05, 4.69) is 0 Å². The van der Waals surface area contributed by atoms with Gasteiger partial charge in [-0.1, -0.05) is 0 Å². The van der Waals surface area contributed by atoms with Crippen LogP contribution in [0.4, 0.5) is 0 Å². The zero-order valence-corrected chi connectivity index (χ0v) is 9.95. The Morgan fingerprint density at radius 2 is 2.27 bits per heavy atom. The number of carbonyl (C=O) groups is 1. The van der Waals surface area contributed by atoms with Crippen molar-refractivity contribution in [2.24, 2.45) is 0 Å². The molecule has 0 aliphatic rings. The molecule has 1 N–H and O–H groups in total. The Kier molecular flexibility index (Phi) is 2.67. The number of rotatable bonds is 2. The summed E-state index contributed by atoms with van der Waals surface area (Å²) in [4.78, 5) is 12.1. The molecule has 0 aliphatic heterocycles. The van der Waals surface area contributed by atoms with Crippen LogP contribution in [0.3, 0.4) is 0 Å². The van der Waals surface area contributed by atoms with Gasteiger partial charge in [-0.25, -0.2) is 4.79 Å². The molecule has 0 spiro atoms. The maximum absolute atomic E-state index is 11.5. The van der Waals surface area contributed by atoms with Gasteiger partial charge in [-0.3, -0.25) is 0 Å². The summed E-state index contributed by atoms with van der Waals surface area (Å²) in [6, 6.07) is 1.68. The van der Waals surface area contributed by atoms with Crippen molar-refractivity contribution in [3.63, 3.8) is 0 Å². The highest BCUT2D eigenvalue weighted by atomic mass is 32.2. The highest BCUT2D eigenvalue weighted by molar-refractivity contribution is 7.38. The Labute approximate surface area is 94.9 Å². The molecule has 3 nitrogen and oxygen atoms in total. The van der Waals surface area contributed by atoms with E-state index in [1.165, 1.54) is 22.7 Å². The quantitative estimate of drug-likeness (QED) is 0.822. The summed E-state index contributed by atoms with van der Waals surface area (Å²) in [5, 5.41) is 11.9. The molecule has 0 radical (unpaired) electrons. The molecule has 0 saturated carbocycles. The minimum atomic E-state index is -0.321. The van der Waals surface area contributed by atoms with Gasteiger partial charge in [0.05, 0.1) is 10.1 Å². The molecule has 0 saturated heterocycles. The number of hydrogen-bond acceptors (Lipinski definition) is 5. The predicted octanol–water partition coefficient (Wildman–Crippen LogP) is 3.23. The van der Waals surface area contributed by atoms with Crippen molar-refractivity contribution in [2.75, 3.05) is 0 Å². The van der Waals surface area contributed by atoms with Crippen LogP contribution in [0.15, 0.2) is 11.4 Å². The number of hydrogen-bond donors (Lipinski definition) is 1. The second kappa shape index (κ2) is 3.83. The Balaban J connectivity index is 2.32. The summed E-state index contributed by atoms with van der Waals surface area (Å²) in [6.45, 7) is 3.62. The average molecular weight is 242 g/mol. The standard InChI is InChI=1S/C10H10O3S2/c1-5(2)13-9(12)8-3-6-7(11)4-14-10(6)15-8/h3-5,11H,1-2H3. The van der Waals surface area contributed by atoms with Gasteiger partial charge >= 0.3 is 5.97 Å². The number of carbonyl (C=O) groups excluding carboxylic acids is 1. The van der Waals surface area contributed by atoms with E-state index in [0.29, 0.717) is 4.88 Å². The van der Waals surface area contributed by atoms with E-state index >= 15 is 0 Å². The molecule has 2 heterocycles. The summed E-state index contributed by atoms with van der Waals surface area (Å²) in [7, 11) is 0. The lowest BCUT2D eigenvalue weighted by Crippen LogP contribution is -2.09. The molecule has 80 valence electrons. The van der Waals surface area contributed by atoms with Crippen molar-refractivity contribution >= 4 is 38.0 Å². The van der Waals surface area contributed by atoms with E-state index in [1.54, 1.807) is 11.4 Å². The van der Waals surface area contributed by atoms with Crippen LogP contribution in [-0.2, 0) is 4.74 Å². The first kappa shape index (κ1) is 10.4. The van der Waals surface area contributed by atoms with Crippen LogP contribution in [0.5, 0.6) is 5.75 Å². The van der Waals surface area contributed by atoms with E-state index < -0.39 is 0 Å². The smallest absolute Gasteiger partial charge is 0.348 e. The third kappa shape index (κ3) is 1.98. The zero-order valence-electron chi connectivity index (χ0n) is 8.31. The lowest BCUT2D eigenvalue weighted by molar-refractivity contribution is 0.0384. The summed E-state index contributed by atoms with van der Waals surface area (Å²) in [5.41, 5.74) is 0. The molecule has 0 unspecified atom stereocenters. The van der Waals surface area contributed by atoms with Crippen LogP contribution in [0.1, 0.15) is 23.5 Å².